The molecule has 1 fully saturated rings. The number of alkyl halides is 1. The molecule has 0 N–H and O–H groups in total. The van der Waals surface area contributed by atoms with Gasteiger partial charge in [-0.2, -0.15) is 0 Å². The largest absolute Gasteiger partial charge is 0.329 e. The standard InChI is InChI=1S/C25H23Cl2N3O2/c1-16(26)25(32)29(19-11-12-19)15-23(31)30-21-9-3-2-8-20(21)28-13-5-10-22(28)24(30)17-6-4-7-18(27)14-17/h2-10,13-14,16,19,24H,11-12,15H2,1H3. The highest BCUT2D eigenvalue weighted by atomic mass is 35.5. The van der Waals surface area contributed by atoms with E-state index in [2.05, 4.69) is 4.57 Å². The molecule has 2 amide bonds. The lowest BCUT2D eigenvalue weighted by molar-refractivity contribution is -0.135. The SMILES string of the molecule is CC(Cl)C(=O)N(CC(=O)N1c2ccccc2-n2cccc2C1c1cccc(Cl)c1)C1CC1. The minimum absolute atomic E-state index is 0.00727. The van der Waals surface area contributed by atoms with Crippen molar-refractivity contribution in [1.82, 2.24) is 9.47 Å². The molecule has 1 aliphatic heterocycles. The Kier molecular flexibility index (Phi) is 5.48. The zero-order valence-corrected chi connectivity index (χ0v) is 19.1. The maximum atomic E-state index is 13.9. The lowest BCUT2D eigenvalue weighted by Gasteiger charge is -2.39. The van der Waals surface area contributed by atoms with Gasteiger partial charge in [0.05, 0.1) is 17.1 Å². The lowest BCUT2D eigenvalue weighted by atomic mass is 9.97. The van der Waals surface area contributed by atoms with Crippen molar-refractivity contribution < 1.29 is 9.59 Å². The van der Waals surface area contributed by atoms with Crippen molar-refractivity contribution in [3.63, 3.8) is 0 Å². The Morgan fingerprint density at radius 1 is 1.06 bits per heavy atom. The van der Waals surface area contributed by atoms with Crippen LogP contribution >= 0.6 is 23.2 Å². The Labute approximate surface area is 197 Å². The molecule has 5 nitrogen and oxygen atoms in total. The molecule has 2 aromatic carbocycles. The summed E-state index contributed by atoms with van der Waals surface area (Å²) in [6, 6.07) is 19.1. The molecular weight excluding hydrogens is 445 g/mol. The van der Waals surface area contributed by atoms with E-state index in [1.54, 1.807) is 16.7 Å². The second kappa shape index (κ2) is 8.30. The predicted octanol–water partition coefficient (Wildman–Crippen LogP) is 5.19. The fourth-order valence-electron chi connectivity index (χ4n) is 4.48. The fraction of sp³-hybridized carbons (Fsp3) is 0.280. The summed E-state index contributed by atoms with van der Waals surface area (Å²) in [7, 11) is 0. The molecule has 7 heteroatoms. The zero-order chi connectivity index (χ0) is 22.4. The van der Waals surface area contributed by atoms with Crippen LogP contribution in [0.5, 0.6) is 0 Å². The summed E-state index contributed by atoms with van der Waals surface area (Å²) in [5.41, 5.74) is 3.60. The van der Waals surface area contributed by atoms with Crippen LogP contribution in [0.25, 0.3) is 5.69 Å². The van der Waals surface area contributed by atoms with Gasteiger partial charge in [-0.05, 0) is 61.7 Å². The van der Waals surface area contributed by atoms with E-state index in [0.29, 0.717) is 5.02 Å². The molecule has 0 spiro atoms. The van der Waals surface area contributed by atoms with E-state index in [1.165, 1.54) is 0 Å². The van der Waals surface area contributed by atoms with E-state index in [9.17, 15) is 9.59 Å². The van der Waals surface area contributed by atoms with Crippen molar-refractivity contribution in [2.45, 2.75) is 37.2 Å². The summed E-state index contributed by atoms with van der Waals surface area (Å²) in [5.74, 6) is -0.345. The Morgan fingerprint density at radius 2 is 1.81 bits per heavy atom. The van der Waals surface area contributed by atoms with Gasteiger partial charge in [0.2, 0.25) is 11.8 Å². The number of rotatable bonds is 5. The van der Waals surface area contributed by atoms with Crippen LogP contribution in [-0.2, 0) is 9.59 Å². The number of carbonyl (C=O) groups is 2. The van der Waals surface area contributed by atoms with Crippen molar-refractivity contribution in [1.29, 1.82) is 0 Å². The quantitative estimate of drug-likeness (QED) is 0.484. The molecule has 2 heterocycles. The maximum absolute atomic E-state index is 13.9. The van der Waals surface area contributed by atoms with E-state index >= 15 is 0 Å². The van der Waals surface area contributed by atoms with E-state index in [1.807, 2.05) is 66.9 Å². The molecule has 1 saturated carbocycles. The van der Waals surface area contributed by atoms with E-state index in [4.69, 9.17) is 23.2 Å². The molecular formula is C25H23Cl2N3O2. The Balaban J connectivity index is 1.60. The number of para-hydroxylation sites is 2. The molecule has 2 atom stereocenters. The number of hydrogen-bond donors (Lipinski definition) is 0. The monoisotopic (exact) mass is 467 g/mol. The molecule has 1 aliphatic carbocycles. The highest BCUT2D eigenvalue weighted by Crippen LogP contribution is 2.43. The topological polar surface area (TPSA) is 45.6 Å². The third-order valence-electron chi connectivity index (χ3n) is 6.07. The molecule has 0 bridgehead atoms. The average molecular weight is 468 g/mol. The Hall–Kier alpha value is -2.76. The van der Waals surface area contributed by atoms with Crippen LogP contribution in [0.15, 0.2) is 66.9 Å². The number of hydrogen-bond acceptors (Lipinski definition) is 2. The maximum Gasteiger partial charge on any atom is 0.247 e. The van der Waals surface area contributed by atoms with Gasteiger partial charge in [-0.1, -0.05) is 35.9 Å². The summed E-state index contributed by atoms with van der Waals surface area (Å²) in [6.07, 6.45) is 3.81. The number of nitrogens with zero attached hydrogens (tertiary/aromatic N) is 3. The van der Waals surface area contributed by atoms with Gasteiger partial charge in [-0.25, -0.2) is 0 Å². The van der Waals surface area contributed by atoms with E-state index in [0.717, 1.165) is 35.5 Å². The molecule has 0 radical (unpaired) electrons. The lowest BCUT2D eigenvalue weighted by Crippen LogP contribution is -2.48. The summed E-state index contributed by atoms with van der Waals surface area (Å²) in [6.45, 7) is 1.65. The van der Waals surface area contributed by atoms with Crippen molar-refractivity contribution >= 4 is 40.7 Å². The highest BCUT2D eigenvalue weighted by molar-refractivity contribution is 6.31. The highest BCUT2D eigenvalue weighted by Gasteiger charge is 2.40. The number of benzene rings is 2. The van der Waals surface area contributed by atoms with Gasteiger partial charge in [0, 0.05) is 17.3 Å². The smallest absolute Gasteiger partial charge is 0.247 e. The first-order valence-corrected chi connectivity index (χ1v) is 11.6. The number of amides is 2. The van der Waals surface area contributed by atoms with Crippen molar-refractivity contribution in [2.24, 2.45) is 0 Å². The molecule has 164 valence electrons. The summed E-state index contributed by atoms with van der Waals surface area (Å²) in [4.78, 5) is 30.1. The normalized spacial score (nSPS) is 18.0. The van der Waals surface area contributed by atoms with Gasteiger partial charge in [0.15, 0.2) is 0 Å². The zero-order valence-electron chi connectivity index (χ0n) is 17.6. The average Bonchev–Trinajstić information content (AvgIpc) is 3.51. The molecule has 1 aromatic heterocycles. The molecule has 5 rings (SSSR count). The first-order valence-electron chi connectivity index (χ1n) is 10.7. The first-order chi connectivity index (χ1) is 15.5. The molecule has 0 saturated heterocycles. The van der Waals surface area contributed by atoms with E-state index in [-0.39, 0.29) is 30.4 Å². The van der Waals surface area contributed by atoms with Gasteiger partial charge in [-0.15, -0.1) is 11.6 Å². The van der Waals surface area contributed by atoms with Crippen LogP contribution in [0, 0.1) is 0 Å². The number of fused-ring (bicyclic) bond motifs is 3. The van der Waals surface area contributed by atoms with Crippen LogP contribution in [-0.4, -0.2) is 39.2 Å². The van der Waals surface area contributed by atoms with Crippen molar-refractivity contribution in [3.05, 3.63) is 83.1 Å². The molecule has 2 aliphatic rings. The molecule has 2 unspecified atom stereocenters. The van der Waals surface area contributed by atoms with Crippen molar-refractivity contribution in [2.75, 3.05) is 11.4 Å². The Morgan fingerprint density at radius 3 is 2.50 bits per heavy atom. The number of halogens is 2. The van der Waals surface area contributed by atoms with Crippen LogP contribution in [0.1, 0.15) is 37.1 Å². The van der Waals surface area contributed by atoms with Crippen LogP contribution in [0.4, 0.5) is 5.69 Å². The predicted molar refractivity (Wildman–Crippen MR) is 127 cm³/mol. The Bertz CT molecular complexity index is 1190. The first kappa shape index (κ1) is 21.1. The summed E-state index contributed by atoms with van der Waals surface area (Å²) >= 11 is 12.4. The van der Waals surface area contributed by atoms with Crippen LogP contribution in [0.3, 0.4) is 0 Å². The van der Waals surface area contributed by atoms with Crippen molar-refractivity contribution in [3.8, 4) is 5.69 Å². The van der Waals surface area contributed by atoms with Crippen LogP contribution < -0.4 is 4.90 Å². The molecule has 32 heavy (non-hydrogen) atoms. The van der Waals surface area contributed by atoms with Crippen LogP contribution in [0.2, 0.25) is 5.02 Å². The van der Waals surface area contributed by atoms with Gasteiger partial charge in [-0.3, -0.25) is 14.5 Å². The minimum atomic E-state index is -0.669. The van der Waals surface area contributed by atoms with Gasteiger partial charge in [0.25, 0.3) is 0 Å². The number of anilines is 1. The summed E-state index contributed by atoms with van der Waals surface area (Å²) in [5, 5.41) is -0.0596. The summed E-state index contributed by atoms with van der Waals surface area (Å²) < 4.78 is 2.11. The third-order valence-corrected chi connectivity index (χ3v) is 6.49. The second-order valence-corrected chi connectivity index (χ2v) is 9.42. The second-order valence-electron chi connectivity index (χ2n) is 8.33. The van der Waals surface area contributed by atoms with Gasteiger partial charge >= 0.3 is 0 Å². The molecule has 3 aromatic rings. The van der Waals surface area contributed by atoms with E-state index < -0.39 is 5.38 Å². The van der Waals surface area contributed by atoms with Gasteiger partial charge < -0.3 is 9.47 Å². The fourth-order valence-corrected chi connectivity index (χ4v) is 4.80. The third kappa shape index (κ3) is 3.70. The number of carbonyl (C=O) groups excluding carboxylic acids is 2. The minimum Gasteiger partial charge on any atom is -0.329 e. The number of aromatic nitrogens is 1. The van der Waals surface area contributed by atoms with Gasteiger partial charge in [0.1, 0.15) is 18.0 Å².